The number of ether oxygens (including phenoxy) is 1. The zero-order valence-electron chi connectivity index (χ0n) is 17.6. The van der Waals surface area contributed by atoms with Crippen LogP contribution in [0.1, 0.15) is 36.3 Å². The van der Waals surface area contributed by atoms with Gasteiger partial charge in [-0.05, 0) is 25.0 Å². The number of carbonyl (C=O) groups excluding carboxylic acids is 1. The summed E-state index contributed by atoms with van der Waals surface area (Å²) >= 11 is 0. The molecule has 2 aliphatic rings. The lowest BCUT2D eigenvalue weighted by Crippen LogP contribution is -2.37. The SMILES string of the molecule is O=C1OCCN1[C@@H](c1cc(F)c(N2CCC(n3cc(CO)nn3)CC2)c(F)c1)n1ccnn1. The van der Waals surface area contributed by atoms with E-state index in [2.05, 4.69) is 20.6 Å². The lowest BCUT2D eigenvalue weighted by Gasteiger charge is -2.34. The number of hydrogen-bond acceptors (Lipinski definition) is 8. The molecule has 0 radical (unpaired) electrons. The molecule has 13 heteroatoms. The molecule has 5 rings (SSSR count). The Hall–Kier alpha value is -3.61. The van der Waals surface area contributed by atoms with Gasteiger partial charge in [0.25, 0.3) is 0 Å². The first kappa shape index (κ1) is 21.2. The predicted molar refractivity (Wildman–Crippen MR) is 109 cm³/mol. The molecule has 1 amide bonds. The van der Waals surface area contributed by atoms with Crippen LogP contribution >= 0.6 is 0 Å². The van der Waals surface area contributed by atoms with Gasteiger partial charge in [0.1, 0.15) is 29.6 Å². The molecule has 0 spiro atoms. The van der Waals surface area contributed by atoms with E-state index in [0.29, 0.717) is 31.6 Å². The lowest BCUT2D eigenvalue weighted by atomic mass is 10.0. The van der Waals surface area contributed by atoms with Gasteiger partial charge < -0.3 is 14.7 Å². The van der Waals surface area contributed by atoms with Crippen LogP contribution in [0.2, 0.25) is 0 Å². The highest BCUT2D eigenvalue weighted by Gasteiger charge is 2.34. The molecule has 11 nitrogen and oxygen atoms in total. The molecule has 2 aliphatic heterocycles. The average molecular weight is 460 g/mol. The number of aliphatic hydroxyl groups is 1. The minimum absolute atomic E-state index is 0.0392. The second-order valence-electron chi connectivity index (χ2n) is 7.96. The smallest absolute Gasteiger partial charge is 0.411 e. The van der Waals surface area contributed by atoms with Gasteiger partial charge in [0, 0.05) is 24.8 Å². The van der Waals surface area contributed by atoms with Gasteiger partial charge in [-0.3, -0.25) is 4.90 Å². The molecule has 0 bridgehead atoms. The molecule has 2 aromatic heterocycles. The van der Waals surface area contributed by atoms with E-state index in [-0.39, 0.29) is 37.1 Å². The molecule has 3 aromatic rings. The molecule has 33 heavy (non-hydrogen) atoms. The number of cyclic esters (lactones) is 1. The van der Waals surface area contributed by atoms with Crippen LogP contribution in [0.25, 0.3) is 0 Å². The van der Waals surface area contributed by atoms with Crippen LogP contribution in [0, 0.1) is 11.6 Å². The Kier molecular flexibility index (Phi) is 5.62. The summed E-state index contributed by atoms with van der Waals surface area (Å²) in [6, 6.07) is 2.50. The van der Waals surface area contributed by atoms with Crippen molar-refractivity contribution >= 4 is 11.8 Å². The molecule has 1 N–H and O–H groups in total. The van der Waals surface area contributed by atoms with Crippen molar-refractivity contribution in [3.8, 4) is 0 Å². The van der Waals surface area contributed by atoms with Crippen LogP contribution in [-0.4, -0.2) is 72.3 Å². The van der Waals surface area contributed by atoms with E-state index in [0.717, 1.165) is 0 Å². The second kappa shape index (κ2) is 8.73. The van der Waals surface area contributed by atoms with Crippen molar-refractivity contribution in [2.45, 2.75) is 31.7 Å². The largest absolute Gasteiger partial charge is 0.447 e. The number of anilines is 1. The summed E-state index contributed by atoms with van der Waals surface area (Å²) < 4.78 is 38.5. The van der Waals surface area contributed by atoms with Gasteiger partial charge in [0.05, 0.1) is 31.6 Å². The van der Waals surface area contributed by atoms with E-state index in [1.807, 2.05) is 0 Å². The molecule has 0 saturated carbocycles. The first-order valence-electron chi connectivity index (χ1n) is 10.6. The van der Waals surface area contributed by atoms with Gasteiger partial charge in [-0.2, -0.15) is 0 Å². The first-order valence-corrected chi connectivity index (χ1v) is 10.6. The number of aromatic nitrogens is 6. The summed E-state index contributed by atoms with van der Waals surface area (Å²) in [7, 11) is 0. The summed E-state index contributed by atoms with van der Waals surface area (Å²) in [4.78, 5) is 15.2. The number of benzene rings is 1. The number of rotatable bonds is 6. The van der Waals surface area contributed by atoms with Crippen molar-refractivity contribution in [2.24, 2.45) is 0 Å². The highest BCUT2D eigenvalue weighted by molar-refractivity contribution is 5.70. The Balaban J connectivity index is 1.38. The highest BCUT2D eigenvalue weighted by atomic mass is 19.1. The quantitative estimate of drug-likeness (QED) is 0.589. The molecule has 2 fully saturated rings. The number of amides is 1. The number of piperidine rings is 1. The van der Waals surface area contributed by atoms with E-state index >= 15 is 8.78 Å². The zero-order valence-corrected chi connectivity index (χ0v) is 17.6. The van der Waals surface area contributed by atoms with Gasteiger partial charge >= 0.3 is 6.09 Å². The normalized spacial score (nSPS) is 18.1. The molecule has 4 heterocycles. The molecule has 0 unspecified atom stereocenters. The van der Waals surface area contributed by atoms with E-state index in [1.54, 1.807) is 15.8 Å². The molecule has 174 valence electrons. The Bertz CT molecular complexity index is 1110. The lowest BCUT2D eigenvalue weighted by molar-refractivity contribution is 0.139. The van der Waals surface area contributed by atoms with Gasteiger partial charge in [-0.1, -0.05) is 10.4 Å². The first-order chi connectivity index (χ1) is 16.0. The van der Waals surface area contributed by atoms with Gasteiger partial charge in [-0.15, -0.1) is 10.2 Å². The van der Waals surface area contributed by atoms with Crippen molar-refractivity contribution in [1.82, 2.24) is 34.9 Å². The van der Waals surface area contributed by atoms with Crippen LogP contribution in [0.4, 0.5) is 19.3 Å². The van der Waals surface area contributed by atoms with Gasteiger partial charge in [-0.25, -0.2) is 22.9 Å². The third-order valence-electron chi connectivity index (χ3n) is 5.99. The second-order valence-corrected chi connectivity index (χ2v) is 7.96. The number of hydrogen-bond donors (Lipinski definition) is 1. The maximum absolute atomic E-state index is 15.2. The maximum atomic E-state index is 15.2. The van der Waals surface area contributed by atoms with Crippen LogP contribution in [0.3, 0.4) is 0 Å². The Morgan fingerprint density at radius 3 is 2.48 bits per heavy atom. The minimum Gasteiger partial charge on any atom is -0.447 e. The Labute approximate surface area is 187 Å². The summed E-state index contributed by atoms with van der Waals surface area (Å²) in [5, 5.41) is 24.7. The molecule has 1 atom stereocenters. The van der Waals surface area contributed by atoms with Crippen molar-refractivity contribution in [3.05, 3.63) is 53.6 Å². The Morgan fingerprint density at radius 2 is 1.91 bits per heavy atom. The fraction of sp³-hybridized carbons (Fsp3) is 0.450. The van der Waals surface area contributed by atoms with Crippen molar-refractivity contribution in [3.63, 3.8) is 0 Å². The molecular weight excluding hydrogens is 438 g/mol. The van der Waals surface area contributed by atoms with Crippen LogP contribution < -0.4 is 4.90 Å². The topological polar surface area (TPSA) is 114 Å². The number of aliphatic hydroxyl groups excluding tert-OH is 1. The number of nitrogens with zero attached hydrogens (tertiary/aromatic N) is 8. The van der Waals surface area contributed by atoms with Crippen LogP contribution in [0.5, 0.6) is 0 Å². The predicted octanol–water partition coefficient (Wildman–Crippen LogP) is 1.48. The zero-order chi connectivity index (χ0) is 22.9. The fourth-order valence-electron chi connectivity index (χ4n) is 4.41. The maximum Gasteiger partial charge on any atom is 0.411 e. The standard InChI is InChI=1S/C20H22F2N8O3/c21-16-9-13(19(29-6-3-23-25-29)28-7-8-33-20(28)32)10-17(22)18(16)27-4-1-15(2-5-27)30-11-14(12-31)24-26-30/h3,6,9-11,15,19,31H,1-2,4-5,7-8,12H2/t19-/m1/s1. The van der Waals surface area contributed by atoms with Crippen molar-refractivity contribution in [2.75, 3.05) is 31.1 Å². The van der Waals surface area contributed by atoms with Crippen LogP contribution in [-0.2, 0) is 11.3 Å². The summed E-state index contributed by atoms with van der Waals surface area (Å²) in [6.45, 7) is 1.12. The van der Waals surface area contributed by atoms with Crippen LogP contribution in [0.15, 0.2) is 30.7 Å². The summed E-state index contributed by atoms with van der Waals surface area (Å²) in [5.41, 5.74) is 0.606. The Morgan fingerprint density at radius 1 is 1.15 bits per heavy atom. The number of carbonyl (C=O) groups is 1. The number of halogens is 2. The third-order valence-corrected chi connectivity index (χ3v) is 5.99. The van der Waals surface area contributed by atoms with Crippen molar-refractivity contribution < 1.29 is 23.4 Å². The average Bonchev–Trinajstić information content (AvgIpc) is 3.57. The molecule has 0 aliphatic carbocycles. The van der Waals surface area contributed by atoms with E-state index in [9.17, 15) is 4.79 Å². The monoisotopic (exact) mass is 460 g/mol. The van der Waals surface area contributed by atoms with E-state index < -0.39 is 23.9 Å². The molecular formula is C20H22F2N8O3. The summed E-state index contributed by atoms with van der Waals surface area (Å²) in [6.07, 6.45) is 4.42. The van der Waals surface area contributed by atoms with Crippen molar-refractivity contribution in [1.29, 1.82) is 0 Å². The van der Waals surface area contributed by atoms with E-state index in [4.69, 9.17) is 9.84 Å². The highest BCUT2D eigenvalue weighted by Crippen LogP contribution is 2.34. The van der Waals surface area contributed by atoms with Gasteiger partial charge in [0.2, 0.25) is 0 Å². The van der Waals surface area contributed by atoms with Gasteiger partial charge in [0.15, 0.2) is 6.17 Å². The molecule has 1 aromatic carbocycles. The third kappa shape index (κ3) is 3.99. The minimum atomic E-state index is -0.876. The molecule has 2 saturated heterocycles. The van der Waals surface area contributed by atoms with E-state index in [1.165, 1.54) is 34.1 Å². The summed E-state index contributed by atoms with van der Waals surface area (Å²) in [5.74, 6) is -1.44. The fourth-order valence-corrected chi connectivity index (χ4v) is 4.41.